The van der Waals surface area contributed by atoms with Crippen molar-refractivity contribution in [1.82, 2.24) is 0 Å². The molecule has 0 rings (SSSR count). The van der Waals surface area contributed by atoms with Crippen LogP contribution in [0.15, 0.2) is 12.7 Å². The van der Waals surface area contributed by atoms with Crippen LogP contribution in [0.4, 0.5) is 0 Å². The third-order valence-corrected chi connectivity index (χ3v) is 1.95. The van der Waals surface area contributed by atoms with E-state index in [1.165, 1.54) is 0 Å². The first kappa shape index (κ1) is 9.22. The molecule has 0 radical (unpaired) electrons. The van der Waals surface area contributed by atoms with Gasteiger partial charge in [-0.3, -0.25) is 4.57 Å². The van der Waals surface area contributed by atoms with Crippen LogP contribution in [0.5, 0.6) is 0 Å². The summed E-state index contributed by atoms with van der Waals surface area (Å²) in [5.41, 5.74) is 0. The van der Waals surface area contributed by atoms with Gasteiger partial charge in [0.25, 0.3) is 0 Å². The Bertz CT molecular complexity index is 105. The highest BCUT2D eigenvalue weighted by molar-refractivity contribution is 7.39. The lowest BCUT2D eigenvalue weighted by molar-refractivity contribution is 0.354. The molecular formula is C5H10ClO2P. The van der Waals surface area contributed by atoms with Crippen molar-refractivity contribution < 1.29 is 9.09 Å². The van der Waals surface area contributed by atoms with Gasteiger partial charge < -0.3 is 4.52 Å². The van der Waals surface area contributed by atoms with Crippen LogP contribution in [0.3, 0.4) is 0 Å². The first-order valence-electron chi connectivity index (χ1n) is 2.63. The molecule has 0 aliphatic heterocycles. The van der Waals surface area contributed by atoms with Gasteiger partial charge in [-0.25, -0.2) is 0 Å². The largest absolute Gasteiger partial charge is 0.329 e. The molecule has 4 heteroatoms. The van der Waals surface area contributed by atoms with Crippen LogP contribution in [0.2, 0.25) is 0 Å². The SMILES string of the molecule is C=CC[PH](=O)OCCCl. The lowest BCUT2D eigenvalue weighted by Crippen LogP contribution is -1.86. The van der Waals surface area contributed by atoms with E-state index in [4.69, 9.17) is 16.1 Å². The molecule has 0 fully saturated rings. The van der Waals surface area contributed by atoms with Gasteiger partial charge >= 0.3 is 0 Å². The van der Waals surface area contributed by atoms with Gasteiger partial charge in [-0.05, 0) is 0 Å². The van der Waals surface area contributed by atoms with E-state index >= 15 is 0 Å². The number of allylic oxidation sites excluding steroid dienone is 1. The van der Waals surface area contributed by atoms with Crippen molar-refractivity contribution in [3.8, 4) is 0 Å². The maximum absolute atomic E-state index is 10.6. The smallest absolute Gasteiger partial charge is 0.195 e. The quantitative estimate of drug-likeness (QED) is 0.356. The average molecular weight is 169 g/mol. The third kappa shape index (κ3) is 6.10. The summed E-state index contributed by atoms with van der Waals surface area (Å²) in [6, 6.07) is 0. The Morgan fingerprint density at radius 2 is 2.44 bits per heavy atom. The van der Waals surface area contributed by atoms with Crippen molar-refractivity contribution in [2.75, 3.05) is 18.6 Å². The second kappa shape index (κ2) is 6.34. The normalized spacial score (nSPS) is 13.0. The fourth-order valence-corrected chi connectivity index (χ4v) is 1.22. The summed E-state index contributed by atoms with van der Waals surface area (Å²) in [5.74, 6) is 0.396. The summed E-state index contributed by atoms with van der Waals surface area (Å²) in [7, 11) is -1.86. The minimum atomic E-state index is -1.86. The lowest BCUT2D eigenvalue weighted by atomic mass is 10.8. The highest BCUT2D eigenvalue weighted by atomic mass is 35.5. The predicted octanol–water partition coefficient (Wildman–Crippen LogP) is 1.90. The van der Waals surface area contributed by atoms with E-state index in [-0.39, 0.29) is 0 Å². The Hall–Kier alpha value is 0.220. The van der Waals surface area contributed by atoms with Gasteiger partial charge in [-0.2, -0.15) is 0 Å². The second-order valence-corrected chi connectivity index (χ2v) is 3.22. The molecule has 1 unspecified atom stereocenters. The topological polar surface area (TPSA) is 26.3 Å². The first-order valence-corrected chi connectivity index (χ1v) is 4.69. The van der Waals surface area contributed by atoms with Gasteiger partial charge in [-0.15, -0.1) is 18.2 Å². The van der Waals surface area contributed by atoms with Crippen molar-refractivity contribution in [2.45, 2.75) is 0 Å². The summed E-state index contributed by atoms with van der Waals surface area (Å²) in [4.78, 5) is 0. The van der Waals surface area contributed by atoms with Gasteiger partial charge in [-0.1, -0.05) is 6.08 Å². The number of rotatable bonds is 5. The molecular weight excluding hydrogens is 158 g/mol. The van der Waals surface area contributed by atoms with Crippen LogP contribution in [0.25, 0.3) is 0 Å². The maximum Gasteiger partial charge on any atom is 0.195 e. The van der Waals surface area contributed by atoms with Crippen LogP contribution in [0, 0.1) is 0 Å². The third-order valence-electron chi connectivity index (χ3n) is 0.651. The molecule has 0 spiro atoms. The van der Waals surface area contributed by atoms with Gasteiger partial charge in [0, 0.05) is 12.0 Å². The molecule has 0 aromatic heterocycles. The maximum atomic E-state index is 10.6. The van der Waals surface area contributed by atoms with E-state index in [0.717, 1.165) is 0 Å². The molecule has 1 atom stereocenters. The van der Waals surface area contributed by atoms with E-state index in [2.05, 4.69) is 6.58 Å². The molecule has 0 bridgehead atoms. The van der Waals surface area contributed by atoms with E-state index in [1.54, 1.807) is 6.08 Å². The molecule has 0 amide bonds. The zero-order valence-electron chi connectivity index (χ0n) is 5.10. The second-order valence-electron chi connectivity index (χ2n) is 1.40. The number of alkyl halides is 1. The fourth-order valence-electron chi connectivity index (χ4n) is 0.329. The van der Waals surface area contributed by atoms with Gasteiger partial charge in [0.05, 0.1) is 6.61 Å². The molecule has 0 saturated heterocycles. The molecule has 2 nitrogen and oxygen atoms in total. The predicted molar refractivity (Wildman–Crippen MR) is 40.7 cm³/mol. The average Bonchev–Trinajstić information content (AvgIpc) is 1.85. The number of hydrogen-bond acceptors (Lipinski definition) is 2. The zero-order chi connectivity index (χ0) is 7.11. The van der Waals surface area contributed by atoms with Crippen molar-refractivity contribution in [3.63, 3.8) is 0 Å². The van der Waals surface area contributed by atoms with Crippen molar-refractivity contribution in [2.24, 2.45) is 0 Å². The van der Waals surface area contributed by atoms with Crippen LogP contribution in [-0.2, 0) is 9.09 Å². The summed E-state index contributed by atoms with van der Waals surface area (Å²) in [5, 5.41) is 0. The van der Waals surface area contributed by atoms with E-state index in [1.807, 2.05) is 0 Å². The fraction of sp³-hybridized carbons (Fsp3) is 0.600. The minimum Gasteiger partial charge on any atom is -0.329 e. The van der Waals surface area contributed by atoms with Crippen LogP contribution in [0.1, 0.15) is 0 Å². The highest BCUT2D eigenvalue weighted by Gasteiger charge is 1.92. The van der Waals surface area contributed by atoms with Gasteiger partial charge in [0.15, 0.2) is 8.03 Å². The lowest BCUT2D eigenvalue weighted by Gasteiger charge is -1.96. The molecule has 0 saturated carbocycles. The molecule has 54 valence electrons. The Balaban J connectivity index is 3.16. The molecule has 0 aromatic carbocycles. The van der Waals surface area contributed by atoms with Crippen LogP contribution >= 0.6 is 19.6 Å². The Kier molecular flexibility index (Phi) is 6.50. The first-order chi connectivity index (χ1) is 4.31. The minimum absolute atomic E-state index is 0.368. The van der Waals surface area contributed by atoms with Crippen LogP contribution in [-0.4, -0.2) is 18.6 Å². The summed E-state index contributed by atoms with van der Waals surface area (Å²) >= 11 is 5.27. The highest BCUT2D eigenvalue weighted by Crippen LogP contribution is 2.20. The van der Waals surface area contributed by atoms with Crippen molar-refractivity contribution >= 4 is 19.6 Å². The van der Waals surface area contributed by atoms with E-state index in [9.17, 15) is 4.57 Å². The van der Waals surface area contributed by atoms with Crippen LogP contribution < -0.4 is 0 Å². The molecule has 0 aliphatic carbocycles. The monoisotopic (exact) mass is 168 g/mol. The summed E-state index contributed by atoms with van der Waals surface area (Å²) in [6.07, 6.45) is 2.02. The Morgan fingerprint density at radius 1 is 1.78 bits per heavy atom. The molecule has 0 aromatic rings. The Morgan fingerprint density at radius 3 is 2.89 bits per heavy atom. The van der Waals surface area contributed by atoms with Gasteiger partial charge in [0.1, 0.15) is 0 Å². The molecule has 9 heavy (non-hydrogen) atoms. The Labute approximate surface area is 60.7 Å². The van der Waals surface area contributed by atoms with E-state index in [0.29, 0.717) is 18.6 Å². The summed E-state index contributed by atoms with van der Waals surface area (Å²) < 4.78 is 15.4. The number of halogens is 1. The van der Waals surface area contributed by atoms with Crippen molar-refractivity contribution in [3.05, 3.63) is 12.7 Å². The molecule has 0 heterocycles. The van der Waals surface area contributed by atoms with E-state index < -0.39 is 8.03 Å². The zero-order valence-corrected chi connectivity index (χ0v) is 6.86. The molecule has 0 aliphatic rings. The summed E-state index contributed by atoms with van der Waals surface area (Å²) in [6.45, 7) is 3.79. The van der Waals surface area contributed by atoms with Gasteiger partial charge in [0.2, 0.25) is 0 Å². The van der Waals surface area contributed by atoms with Crippen molar-refractivity contribution in [1.29, 1.82) is 0 Å². The number of hydrogen-bond donors (Lipinski definition) is 0. The standard InChI is InChI=1S/C5H10ClO2P/c1-2-5-9(7)8-4-3-6/h2,9H,1,3-5H2. The molecule has 0 N–H and O–H groups in total.